The van der Waals surface area contributed by atoms with Gasteiger partial charge in [-0.25, -0.2) is 13.2 Å². The van der Waals surface area contributed by atoms with E-state index in [1.54, 1.807) is 0 Å². The zero-order valence-corrected chi connectivity index (χ0v) is 8.37. The van der Waals surface area contributed by atoms with Crippen molar-refractivity contribution in [1.29, 1.82) is 0 Å². The van der Waals surface area contributed by atoms with Gasteiger partial charge in [-0.15, -0.1) is 11.6 Å². The predicted octanol–water partition coefficient (Wildman–Crippen LogP) is 2.51. The Hall–Kier alpha value is -0.170. The first kappa shape index (κ1) is 12.3. The van der Waals surface area contributed by atoms with E-state index in [0.29, 0.717) is 0 Å². The number of alkyl halides is 7. The highest BCUT2D eigenvalue weighted by atomic mass is 35.5. The maximum atomic E-state index is 13.6. The maximum absolute atomic E-state index is 13.6. The first-order valence-electron chi connectivity index (χ1n) is 4.50. The lowest BCUT2D eigenvalue weighted by molar-refractivity contribution is -0.323. The normalized spacial score (nSPS) is 51.0. The molecule has 0 saturated heterocycles. The lowest BCUT2D eigenvalue weighted by Crippen LogP contribution is -2.64. The van der Waals surface area contributed by atoms with Crippen LogP contribution in [0.4, 0.5) is 26.3 Å². The van der Waals surface area contributed by atoms with Gasteiger partial charge in [0, 0.05) is 5.92 Å². The van der Waals surface area contributed by atoms with Gasteiger partial charge >= 0.3 is 6.18 Å². The van der Waals surface area contributed by atoms with Crippen LogP contribution in [-0.4, -0.2) is 34.4 Å². The third kappa shape index (κ3) is 1.08. The summed E-state index contributed by atoms with van der Waals surface area (Å²) in [6.45, 7) is 0. The average Bonchev–Trinajstić information content (AvgIpc) is 2.50. The van der Waals surface area contributed by atoms with Crippen LogP contribution >= 0.6 is 11.6 Å². The molecule has 2 aliphatic rings. The summed E-state index contributed by atoms with van der Waals surface area (Å²) in [5.74, 6) is -8.78. The van der Waals surface area contributed by atoms with Crippen LogP contribution in [0.2, 0.25) is 0 Å². The molecule has 0 aliphatic heterocycles. The third-order valence-electron chi connectivity index (χ3n) is 3.51. The lowest BCUT2D eigenvalue weighted by Gasteiger charge is -2.41. The fourth-order valence-electron chi connectivity index (χ4n) is 2.66. The maximum Gasteiger partial charge on any atom is 0.428 e. The molecule has 0 spiro atoms. The predicted molar refractivity (Wildman–Crippen MR) is 42.1 cm³/mol. The Morgan fingerprint density at radius 2 is 1.62 bits per heavy atom. The van der Waals surface area contributed by atoms with Crippen LogP contribution in [0, 0.1) is 11.8 Å². The minimum atomic E-state index is -5.69. The number of hydrogen-bond donors (Lipinski definition) is 1. The molecule has 2 saturated carbocycles. The van der Waals surface area contributed by atoms with Crippen LogP contribution < -0.4 is 0 Å². The number of aliphatic hydroxyl groups excluding tert-OH is 1. The zero-order valence-electron chi connectivity index (χ0n) is 7.61. The summed E-state index contributed by atoms with van der Waals surface area (Å²) < 4.78 is 77.4. The topological polar surface area (TPSA) is 20.2 Å². The van der Waals surface area contributed by atoms with E-state index >= 15 is 0 Å². The summed E-state index contributed by atoms with van der Waals surface area (Å²) in [6.07, 6.45) is -8.24. The van der Waals surface area contributed by atoms with Crippen molar-refractivity contribution >= 4 is 11.6 Å². The van der Waals surface area contributed by atoms with Gasteiger partial charge in [0.15, 0.2) is 0 Å². The van der Waals surface area contributed by atoms with Crippen molar-refractivity contribution in [2.75, 3.05) is 0 Å². The number of rotatable bonds is 0. The molecule has 1 N–H and O–H groups in total. The molecule has 0 aromatic rings. The van der Waals surface area contributed by atoms with Crippen molar-refractivity contribution in [1.82, 2.24) is 0 Å². The Kier molecular flexibility index (Phi) is 2.29. The summed E-state index contributed by atoms with van der Waals surface area (Å²) in [5.41, 5.74) is -4.63. The standard InChI is InChI=1S/C8H7ClF6O/c9-4-2-1-3(5(4)16)7(11,12)6(2,10)8(13,14)15/h2-5,16H,1H2. The van der Waals surface area contributed by atoms with E-state index in [0.717, 1.165) is 0 Å². The molecule has 5 atom stereocenters. The second-order valence-corrected chi connectivity index (χ2v) is 4.72. The van der Waals surface area contributed by atoms with Gasteiger partial charge in [0.1, 0.15) is 0 Å². The molecule has 2 rings (SSSR count). The first-order chi connectivity index (χ1) is 7.05. The largest absolute Gasteiger partial charge is 0.428 e. The van der Waals surface area contributed by atoms with Gasteiger partial charge in [-0.1, -0.05) is 0 Å². The SMILES string of the molecule is OC1C(Cl)C2CC1C(F)(F)C2(F)C(F)(F)F. The van der Waals surface area contributed by atoms with Crippen LogP contribution in [0.1, 0.15) is 6.42 Å². The van der Waals surface area contributed by atoms with E-state index in [1.165, 1.54) is 0 Å². The Balaban J connectivity index is 2.50. The van der Waals surface area contributed by atoms with Crippen LogP contribution in [0.3, 0.4) is 0 Å². The average molecular weight is 269 g/mol. The molecule has 0 amide bonds. The van der Waals surface area contributed by atoms with E-state index in [4.69, 9.17) is 11.6 Å². The quantitative estimate of drug-likeness (QED) is 0.529. The molecule has 0 radical (unpaired) electrons. The molecule has 8 heteroatoms. The van der Waals surface area contributed by atoms with Crippen molar-refractivity contribution in [2.45, 2.75) is 35.7 Å². The Morgan fingerprint density at radius 1 is 1.12 bits per heavy atom. The fraction of sp³-hybridized carbons (Fsp3) is 1.00. The molecule has 2 bridgehead atoms. The Bertz CT molecular complexity index is 318. The molecule has 2 aliphatic carbocycles. The summed E-state index contributed by atoms with van der Waals surface area (Å²) in [6, 6.07) is 0. The highest BCUT2D eigenvalue weighted by Crippen LogP contribution is 2.67. The Morgan fingerprint density at radius 3 is 2.00 bits per heavy atom. The molecule has 5 unspecified atom stereocenters. The molecule has 0 aromatic heterocycles. The third-order valence-corrected chi connectivity index (χ3v) is 4.07. The van der Waals surface area contributed by atoms with E-state index < -0.39 is 47.5 Å². The second-order valence-electron chi connectivity index (χ2n) is 4.22. The summed E-state index contributed by atoms with van der Waals surface area (Å²) in [4.78, 5) is 0. The molecular weight excluding hydrogens is 262 g/mol. The molecule has 2 fully saturated rings. The van der Waals surface area contributed by atoms with Crippen LogP contribution in [0.25, 0.3) is 0 Å². The molecular formula is C8H7ClF6O. The van der Waals surface area contributed by atoms with Crippen molar-refractivity contribution in [3.63, 3.8) is 0 Å². The summed E-state index contributed by atoms with van der Waals surface area (Å²) in [5, 5.41) is 7.55. The highest BCUT2D eigenvalue weighted by molar-refractivity contribution is 6.21. The van der Waals surface area contributed by atoms with Gasteiger partial charge in [0.2, 0.25) is 0 Å². The molecule has 0 aromatic carbocycles. The van der Waals surface area contributed by atoms with Gasteiger partial charge in [0.25, 0.3) is 11.6 Å². The minimum absolute atomic E-state index is 0.752. The van der Waals surface area contributed by atoms with E-state index in [1.807, 2.05) is 0 Å². The Labute approximate surface area is 91.4 Å². The smallest absolute Gasteiger partial charge is 0.391 e. The molecule has 1 nitrogen and oxygen atoms in total. The molecule has 0 heterocycles. The number of fused-ring (bicyclic) bond motifs is 2. The number of aliphatic hydroxyl groups is 1. The second kappa shape index (κ2) is 2.98. The zero-order chi connectivity index (χ0) is 12.5. The van der Waals surface area contributed by atoms with Crippen LogP contribution in [-0.2, 0) is 0 Å². The van der Waals surface area contributed by atoms with Crippen LogP contribution in [0.15, 0.2) is 0 Å². The van der Waals surface area contributed by atoms with Gasteiger partial charge in [-0.2, -0.15) is 13.2 Å². The van der Waals surface area contributed by atoms with E-state index in [-0.39, 0.29) is 0 Å². The fourth-order valence-corrected chi connectivity index (χ4v) is 3.12. The van der Waals surface area contributed by atoms with E-state index in [9.17, 15) is 31.4 Å². The van der Waals surface area contributed by atoms with Crippen LogP contribution in [0.5, 0.6) is 0 Å². The van der Waals surface area contributed by atoms with Crippen molar-refractivity contribution in [2.24, 2.45) is 11.8 Å². The minimum Gasteiger partial charge on any atom is -0.391 e. The molecule has 16 heavy (non-hydrogen) atoms. The first-order valence-corrected chi connectivity index (χ1v) is 4.94. The summed E-state index contributed by atoms with van der Waals surface area (Å²) in [7, 11) is 0. The van der Waals surface area contributed by atoms with Gasteiger partial charge in [0.05, 0.1) is 17.4 Å². The highest BCUT2D eigenvalue weighted by Gasteiger charge is 2.85. The summed E-state index contributed by atoms with van der Waals surface area (Å²) >= 11 is 5.35. The number of halogens is 7. The molecule has 94 valence electrons. The van der Waals surface area contributed by atoms with Gasteiger partial charge in [-0.05, 0) is 6.42 Å². The van der Waals surface area contributed by atoms with Gasteiger partial charge < -0.3 is 5.11 Å². The number of hydrogen-bond acceptors (Lipinski definition) is 1. The van der Waals surface area contributed by atoms with Crippen molar-refractivity contribution in [3.8, 4) is 0 Å². The van der Waals surface area contributed by atoms with Gasteiger partial charge in [-0.3, -0.25) is 0 Å². The monoisotopic (exact) mass is 268 g/mol. The van der Waals surface area contributed by atoms with Crippen molar-refractivity contribution in [3.05, 3.63) is 0 Å². The lowest BCUT2D eigenvalue weighted by atomic mass is 9.80. The van der Waals surface area contributed by atoms with Crippen molar-refractivity contribution < 1.29 is 31.4 Å². The van der Waals surface area contributed by atoms with E-state index in [2.05, 4.69) is 0 Å².